The Balaban J connectivity index is 1.55. The lowest BCUT2D eigenvalue weighted by Gasteiger charge is -2.40. The van der Waals surface area contributed by atoms with Crippen molar-refractivity contribution < 1.29 is 41.3 Å². The van der Waals surface area contributed by atoms with Gasteiger partial charge in [0.25, 0.3) is 0 Å². The number of esters is 1. The van der Waals surface area contributed by atoms with E-state index in [1.165, 1.54) is 0 Å². The summed E-state index contributed by atoms with van der Waals surface area (Å²) in [6.07, 6.45) is 0. The van der Waals surface area contributed by atoms with Crippen molar-refractivity contribution in [2.45, 2.75) is 64.7 Å². The number of carbonyl (C=O) groups is 1. The summed E-state index contributed by atoms with van der Waals surface area (Å²) in [6, 6.07) is 11.3. The first-order chi connectivity index (χ1) is 18.0. The first kappa shape index (κ1) is 28.5. The fourth-order valence-electron chi connectivity index (χ4n) is 4.87. The lowest BCUT2D eigenvalue weighted by atomic mass is 9.73. The van der Waals surface area contributed by atoms with E-state index < -0.39 is 32.9 Å². The van der Waals surface area contributed by atoms with Crippen LogP contribution >= 0.6 is 16.1 Å². The molecular weight excluding hydrogens is 542 g/mol. The molecule has 9 nitrogen and oxygen atoms in total. The van der Waals surface area contributed by atoms with Crippen molar-refractivity contribution in [1.29, 1.82) is 0 Å². The minimum Gasteiger partial charge on any atom is -0.425 e. The molecule has 1 atom stereocenters. The van der Waals surface area contributed by atoms with Gasteiger partial charge in [0.1, 0.15) is 16.9 Å². The topological polar surface area (TPSA) is 107 Å². The highest BCUT2D eigenvalue weighted by atomic mass is 31.2. The van der Waals surface area contributed by atoms with Crippen molar-refractivity contribution in [2.24, 2.45) is 5.41 Å². The maximum Gasteiger partial charge on any atom is 0.530 e. The van der Waals surface area contributed by atoms with E-state index in [1.54, 1.807) is 13.0 Å². The molecule has 2 saturated heterocycles. The minimum atomic E-state index is -4.07. The minimum absolute atomic E-state index is 0.0219. The van der Waals surface area contributed by atoms with Gasteiger partial charge in [-0.25, -0.2) is 4.57 Å². The van der Waals surface area contributed by atoms with E-state index in [0.29, 0.717) is 16.9 Å². The highest BCUT2D eigenvalue weighted by Gasteiger charge is 2.51. The quantitative estimate of drug-likeness (QED) is 0.230. The zero-order chi connectivity index (χ0) is 28.4. The molecule has 0 amide bonds. The summed E-state index contributed by atoms with van der Waals surface area (Å²) in [7, 11) is -6.60. The van der Waals surface area contributed by atoms with Crippen molar-refractivity contribution in [3.63, 3.8) is 0 Å². The molecule has 2 aromatic rings. The Hall–Kier alpha value is -1.99. The van der Waals surface area contributed by atoms with Gasteiger partial charge in [-0.15, -0.1) is 0 Å². The highest BCUT2D eigenvalue weighted by Crippen LogP contribution is 2.58. The standard InChI is InChI=1S/C28H36O9P2/c1-25(2,3)18-8-10-22-20(12-18)27(7,24(29)36-22)21-13-19(26(4,5)6)9-11-23(21)37-39(31)34-16-28(17-35-39)14-32-38(30)33-15-28/h8-13,38H,14-17H2,1-7H3. The van der Waals surface area contributed by atoms with Crippen LogP contribution in [0, 0.1) is 5.41 Å². The Labute approximate surface area is 230 Å². The molecule has 2 aromatic carbocycles. The predicted molar refractivity (Wildman–Crippen MR) is 146 cm³/mol. The van der Waals surface area contributed by atoms with Crippen molar-refractivity contribution in [2.75, 3.05) is 26.4 Å². The third-order valence-electron chi connectivity index (χ3n) is 7.64. The number of rotatable bonds is 3. The molecule has 0 N–H and O–H groups in total. The second kappa shape index (κ2) is 9.54. The molecule has 3 heterocycles. The Morgan fingerprint density at radius 3 is 1.95 bits per heavy atom. The van der Waals surface area contributed by atoms with Gasteiger partial charge in [-0.2, -0.15) is 0 Å². The van der Waals surface area contributed by atoms with Crippen LogP contribution < -0.4 is 9.26 Å². The van der Waals surface area contributed by atoms with Crippen LogP contribution in [0.3, 0.4) is 0 Å². The van der Waals surface area contributed by atoms with Crippen LogP contribution in [0.25, 0.3) is 0 Å². The molecule has 3 aliphatic heterocycles. The molecule has 0 bridgehead atoms. The molecule has 3 aliphatic rings. The number of hydrogen-bond acceptors (Lipinski definition) is 9. The number of fused-ring (bicyclic) bond motifs is 1. The summed E-state index contributed by atoms with van der Waals surface area (Å²) in [6.45, 7) is 14.5. The van der Waals surface area contributed by atoms with Gasteiger partial charge < -0.3 is 18.3 Å². The van der Waals surface area contributed by atoms with Crippen LogP contribution in [0.1, 0.15) is 70.7 Å². The largest absolute Gasteiger partial charge is 0.530 e. The predicted octanol–water partition coefficient (Wildman–Crippen LogP) is 6.46. The van der Waals surface area contributed by atoms with E-state index in [-0.39, 0.29) is 43.0 Å². The number of phosphoric acid groups is 1. The SMILES string of the molecule is CC(C)(C)c1ccc2c(c1)C(C)(c1cc(C(C)(C)C)ccc1OP1(=O)OCC3(CO[PH](=O)OC3)CO1)C(=O)O2. The van der Waals surface area contributed by atoms with E-state index in [9.17, 15) is 13.9 Å². The normalized spacial score (nSPS) is 31.2. The van der Waals surface area contributed by atoms with E-state index in [2.05, 4.69) is 41.5 Å². The van der Waals surface area contributed by atoms with Gasteiger partial charge >= 0.3 is 22.0 Å². The van der Waals surface area contributed by atoms with Gasteiger partial charge in [-0.1, -0.05) is 65.8 Å². The zero-order valence-electron chi connectivity index (χ0n) is 23.4. The van der Waals surface area contributed by atoms with Gasteiger partial charge in [-0.3, -0.25) is 18.4 Å². The first-order valence-electron chi connectivity index (χ1n) is 13.0. The number of hydrogen-bond donors (Lipinski definition) is 0. The van der Waals surface area contributed by atoms with Crippen molar-refractivity contribution in [1.82, 2.24) is 0 Å². The number of phosphoric ester groups is 1. The summed E-state index contributed by atoms with van der Waals surface area (Å²) >= 11 is 0. The molecule has 0 aromatic heterocycles. The summed E-state index contributed by atoms with van der Waals surface area (Å²) in [4.78, 5) is 13.6. The summed E-state index contributed by atoms with van der Waals surface area (Å²) in [5, 5.41) is 0. The molecular formula is C28H36O9P2. The monoisotopic (exact) mass is 578 g/mol. The maximum atomic E-state index is 13.6. The van der Waals surface area contributed by atoms with Crippen molar-refractivity contribution >= 4 is 22.0 Å². The van der Waals surface area contributed by atoms with Gasteiger partial charge in [0, 0.05) is 11.1 Å². The lowest BCUT2D eigenvalue weighted by Crippen LogP contribution is -2.45. The highest BCUT2D eigenvalue weighted by molar-refractivity contribution is 7.49. The maximum absolute atomic E-state index is 13.6. The first-order valence-corrected chi connectivity index (χ1v) is 15.6. The van der Waals surface area contributed by atoms with Crippen LogP contribution in [0.2, 0.25) is 0 Å². The molecule has 2 fully saturated rings. The zero-order valence-corrected chi connectivity index (χ0v) is 25.3. The van der Waals surface area contributed by atoms with Crippen molar-refractivity contribution in [3.8, 4) is 11.5 Å². The summed E-state index contributed by atoms with van der Waals surface area (Å²) in [5.74, 6) is 0.240. The molecule has 1 unspecified atom stereocenters. The van der Waals surface area contributed by atoms with E-state index >= 15 is 0 Å². The molecule has 11 heteroatoms. The van der Waals surface area contributed by atoms with E-state index in [4.69, 9.17) is 27.4 Å². The van der Waals surface area contributed by atoms with E-state index in [1.807, 2.05) is 30.3 Å². The number of carbonyl (C=O) groups excluding carboxylic acids is 1. The smallest absolute Gasteiger partial charge is 0.425 e. The second-order valence-corrected chi connectivity index (χ2v) is 15.5. The van der Waals surface area contributed by atoms with Crippen LogP contribution in [0.4, 0.5) is 0 Å². The summed E-state index contributed by atoms with van der Waals surface area (Å²) < 4.78 is 58.5. The van der Waals surface area contributed by atoms with Crippen LogP contribution in [-0.2, 0) is 48.3 Å². The fraction of sp³-hybridized carbons (Fsp3) is 0.536. The fourth-order valence-corrected chi connectivity index (χ4v) is 7.24. The Morgan fingerprint density at radius 2 is 1.38 bits per heavy atom. The van der Waals surface area contributed by atoms with Crippen LogP contribution in [0.5, 0.6) is 11.5 Å². The third kappa shape index (κ3) is 5.26. The van der Waals surface area contributed by atoms with Gasteiger partial charge in [0.15, 0.2) is 0 Å². The number of benzene rings is 2. The molecule has 212 valence electrons. The lowest BCUT2D eigenvalue weighted by molar-refractivity contribution is -0.136. The van der Waals surface area contributed by atoms with Crippen molar-refractivity contribution in [3.05, 3.63) is 58.7 Å². The van der Waals surface area contributed by atoms with Gasteiger partial charge in [-0.05, 0) is 41.0 Å². The Morgan fingerprint density at radius 1 is 0.846 bits per heavy atom. The second-order valence-electron chi connectivity index (χ2n) is 12.8. The summed E-state index contributed by atoms with van der Waals surface area (Å²) in [5.41, 5.74) is 0.892. The Kier molecular flexibility index (Phi) is 6.98. The molecule has 1 spiro atoms. The van der Waals surface area contributed by atoms with Crippen LogP contribution in [0.15, 0.2) is 36.4 Å². The van der Waals surface area contributed by atoms with Gasteiger partial charge in [0.05, 0.1) is 31.8 Å². The van der Waals surface area contributed by atoms with Crippen LogP contribution in [-0.4, -0.2) is 32.4 Å². The molecule has 0 aliphatic carbocycles. The van der Waals surface area contributed by atoms with Gasteiger partial charge in [0.2, 0.25) is 0 Å². The molecule has 0 saturated carbocycles. The average molecular weight is 579 g/mol. The van der Waals surface area contributed by atoms with E-state index in [0.717, 1.165) is 11.1 Å². The average Bonchev–Trinajstić information content (AvgIpc) is 3.12. The molecule has 39 heavy (non-hydrogen) atoms. The Bertz CT molecular complexity index is 1360. The third-order valence-corrected chi connectivity index (χ3v) is 9.71. The molecule has 5 rings (SSSR count). The molecule has 0 radical (unpaired) electrons. The number of ether oxygens (including phenoxy) is 1.